The largest absolute Gasteiger partial charge is 0.359 e. The van der Waals surface area contributed by atoms with E-state index in [1.807, 2.05) is 5.43 Å². The van der Waals surface area contributed by atoms with Crippen molar-refractivity contribution in [2.75, 3.05) is 13.1 Å². The molecule has 0 radical (unpaired) electrons. The predicted molar refractivity (Wildman–Crippen MR) is 71.1 cm³/mol. The van der Waals surface area contributed by atoms with Gasteiger partial charge in [-0.2, -0.15) is 0 Å². The number of piperidine rings is 1. The van der Waals surface area contributed by atoms with E-state index in [4.69, 9.17) is 10.4 Å². The molecule has 19 heavy (non-hydrogen) atoms. The molecule has 1 saturated heterocycles. The lowest BCUT2D eigenvalue weighted by Gasteiger charge is -2.30. The first-order chi connectivity index (χ1) is 9.22. The van der Waals surface area contributed by atoms with Crippen LogP contribution in [-0.4, -0.2) is 29.1 Å². The molecule has 1 amide bonds. The predicted octanol–water partition coefficient (Wildman–Crippen LogP) is 1.29. The fraction of sp³-hybridized carbons (Fsp3) is 0.692. The minimum Gasteiger partial charge on any atom is -0.359 e. The van der Waals surface area contributed by atoms with Gasteiger partial charge in [0.15, 0.2) is 11.5 Å². The molecule has 0 aliphatic carbocycles. The van der Waals surface area contributed by atoms with Gasteiger partial charge >= 0.3 is 0 Å². The molecule has 1 aliphatic rings. The maximum absolute atomic E-state index is 11.3. The number of aromatic nitrogens is 1. The maximum atomic E-state index is 11.3. The number of carbonyl (C=O) groups excluding carboxylic acids is 1. The molecule has 0 bridgehead atoms. The maximum Gasteiger partial charge on any atom is 0.287 e. The highest BCUT2D eigenvalue weighted by atomic mass is 16.5. The van der Waals surface area contributed by atoms with Crippen LogP contribution in [0.2, 0.25) is 0 Å². The van der Waals surface area contributed by atoms with Crippen molar-refractivity contribution < 1.29 is 9.32 Å². The number of nitrogens with zero attached hydrogens (tertiary/aromatic N) is 2. The van der Waals surface area contributed by atoms with E-state index in [0.717, 1.165) is 19.0 Å². The molecule has 2 rings (SSSR count). The van der Waals surface area contributed by atoms with E-state index in [1.165, 1.54) is 25.7 Å². The zero-order chi connectivity index (χ0) is 13.7. The molecule has 1 aliphatic heterocycles. The summed E-state index contributed by atoms with van der Waals surface area (Å²) in [6, 6.07) is 1.65. The van der Waals surface area contributed by atoms with Crippen molar-refractivity contribution in [3.8, 4) is 0 Å². The van der Waals surface area contributed by atoms with Crippen LogP contribution in [0.15, 0.2) is 10.6 Å². The van der Waals surface area contributed by atoms with Crippen molar-refractivity contribution in [2.24, 2.45) is 11.8 Å². The highest BCUT2D eigenvalue weighted by molar-refractivity contribution is 5.91. The number of carbonyl (C=O) groups is 1. The highest BCUT2D eigenvalue weighted by Gasteiger charge is 2.20. The minimum atomic E-state index is -0.420. The van der Waals surface area contributed by atoms with Gasteiger partial charge < -0.3 is 4.52 Å². The van der Waals surface area contributed by atoms with E-state index in [0.29, 0.717) is 12.3 Å². The summed E-state index contributed by atoms with van der Waals surface area (Å²) in [5.74, 6) is 6.22. The van der Waals surface area contributed by atoms with Crippen LogP contribution in [0.4, 0.5) is 0 Å². The van der Waals surface area contributed by atoms with E-state index in [2.05, 4.69) is 17.0 Å². The Balaban J connectivity index is 1.82. The number of rotatable bonds is 5. The highest BCUT2D eigenvalue weighted by Crippen LogP contribution is 2.22. The number of hydrogen-bond donors (Lipinski definition) is 2. The summed E-state index contributed by atoms with van der Waals surface area (Å²) < 4.78 is 5.16. The summed E-state index contributed by atoms with van der Waals surface area (Å²) in [5.41, 5.74) is 2.28. The van der Waals surface area contributed by atoms with Crippen LogP contribution in [0, 0.1) is 5.92 Å². The number of hydrazine groups is 1. The van der Waals surface area contributed by atoms with Crippen LogP contribution in [-0.2, 0) is 6.54 Å². The Morgan fingerprint density at radius 2 is 2.32 bits per heavy atom. The van der Waals surface area contributed by atoms with Gasteiger partial charge in [0, 0.05) is 6.07 Å². The molecule has 0 spiro atoms. The summed E-state index contributed by atoms with van der Waals surface area (Å²) in [7, 11) is 0. The molecule has 1 fully saturated rings. The molecule has 1 aromatic heterocycles. The minimum absolute atomic E-state index is 0.235. The molecule has 0 unspecified atom stereocenters. The van der Waals surface area contributed by atoms with Gasteiger partial charge in [0.05, 0.1) is 6.54 Å². The Hall–Kier alpha value is -1.40. The van der Waals surface area contributed by atoms with Crippen LogP contribution in [0.5, 0.6) is 0 Å². The van der Waals surface area contributed by atoms with Gasteiger partial charge in [-0.1, -0.05) is 24.9 Å². The average Bonchev–Trinajstić information content (AvgIpc) is 2.89. The Bertz CT molecular complexity index is 411. The second-order valence-corrected chi connectivity index (χ2v) is 5.16. The van der Waals surface area contributed by atoms with Crippen molar-refractivity contribution in [3.63, 3.8) is 0 Å². The molecule has 3 N–H and O–H groups in total. The van der Waals surface area contributed by atoms with Gasteiger partial charge in [0.1, 0.15) is 0 Å². The Kier molecular flexibility index (Phi) is 4.93. The standard InChI is InChI=1S/C13H22N4O2/c1-2-3-10-4-6-17(7-5-10)9-11-8-12(16-19-11)13(18)15-14/h8,10H,2-7,9,14H2,1H3,(H,15,18). The fourth-order valence-electron chi connectivity index (χ4n) is 2.63. The second-order valence-electron chi connectivity index (χ2n) is 5.16. The first kappa shape index (κ1) is 14.0. The molecule has 0 saturated carbocycles. The van der Waals surface area contributed by atoms with E-state index < -0.39 is 5.91 Å². The van der Waals surface area contributed by atoms with Gasteiger partial charge in [0.25, 0.3) is 5.91 Å². The average molecular weight is 266 g/mol. The fourth-order valence-corrected chi connectivity index (χ4v) is 2.63. The first-order valence-electron chi connectivity index (χ1n) is 6.91. The molecular weight excluding hydrogens is 244 g/mol. The smallest absolute Gasteiger partial charge is 0.287 e. The summed E-state index contributed by atoms with van der Waals surface area (Å²) in [6.45, 7) is 5.13. The van der Waals surface area contributed by atoms with Crippen molar-refractivity contribution in [2.45, 2.75) is 39.2 Å². The van der Waals surface area contributed by atoms with Crippen molar-refractivity contribution in [3.05, 3.63) is 17.5 Å². The number of amides is 1. The molecular formula is C13H22N4O2. The molecule has 0 atom stereocenters. The molecule has 6 nitrogen and oxygen atoms in total. The van der Waals surface area contributed by atoms with Gasteiger partial charge in [-0.15, -0.1) is 0 Å². The van der Waals surface area contributed by atoms with Gasteiger partial charge in [-0.05, 0) is 31.8 Å². The van der Waals surface area contributed by atoms with Crippen molar-refractivity contribution in [1.82, 2.24) is 15.5 Å². The Morgan fingerprint density at radius 1 is 1.58 bits per heavy atom. The summed E-state index contributed by atoms with van der Waals surface area (Å²) in [5, 5.41) is 3.70. The van der Waals surface area contributed by atoms with Crippen LogP contribution >= 0.6 is 0 Å². The number of nitrogens with one attached hydrogen (secondary N) is 1. The van der Waals surface area contributed by atoms with Crippen LogP contribution in [0.1, 0.15) is 48.9 Å². The quantitative estimate of drug-likeness (QED) is 0.476. The monoisotopic (exact) mass is 266 g/mol. The molecule has 1 aromatic rings. The zero-order valence-electron chi connectivity index (χ0n) is 11.4. The van der Waals surface area contributed by atoms with Crippen LogP contribution in [0.3, 0.4) is 0 Å². The third kappa shape index (κ3) is 3.78. The number of likely N-dealkylation sites (tertiary alicyclic amines) is 1. The van der Waals surface area contributed by atoms with Gasteiger partial charge in [0.2, 0.25) is 0 Å². The molecule has 6 heteroatoms. The Morgan fingerprint density at radius 3 is 2.95 bits per heavy atom. The SMILES string of the molecule is CCCC1CCN(Cc2cc(C(=O)NN)no2)CC1. The van der Waals surface area contributed by atoms with Crippen molar-refractivity contribution >= 4 is 5.91 Å². The van der Waals surface area contributed by atoms with Gasteiger partial charge in [-0.25, -0.2) is 5.84 Å². The number of hydrogen-bond acceptors (Lipinski definition) is 5. The van der Waals surface area contributed by atoms with Gasteiger partial charge in [-0.3, -0.25) is 15.1 Å². The summed E-state index contributed by atoms with van der Waals surface area (Å²) >= 11 is 0. The van der Waals surface area contributed by atoms with Crippen LogP contribution < -0.4 is 11.3 Å². The lowest BCUT2D eigenvalue weighted by atomic mass is 9.92. The third-order valence-electron chi connectivity index (χ3n) is 3.71. The van der Waals surface area contributed by atoms with E-state index in [9.17, 15) is 4.79 Å². The molecule has 0 aromatic carbocycles. The molecule has 2 heterocycles. The second kappa shape index (κ2) is 6.68. The lowest BCUT2D eigenvalue weighted by Crippen LogP contribution is -2.33. The zero-order valence-corrected chi connectivity index (χ0v) is 11.4. The van der Waals surface area contributed by atoms with Crippen LogP contribution in [0.25, 0.3) is 0 Å². The van der Waals surface area contributed by atoms with E-state index >= 15 is 0 Å². The summed E-state index contributed by atoms with van der Waals surface area (Å²) in [4.78, 5) is 13.6. The summed E-state index contributed by atoms with van der Waals surface area (Å²) in [6.07, 6.45) is 5.09. The number of nitrogen functional groups attached to an aromatic ring is 1. The normalized spacial score (nSPS) is 17.6. The number of nitrogens with two attached hydrogens (primary N) is 1. The third-order valence-corrected chi connectivity index (χ3v) is 3.71. The first-order valence-corrected chi connectivity index (χ1v) is 6.91. The Labute approximate surface area is 113 Å². The lowest BCUT2D eigenvalue weighted by molar-refractivity contribution is 0.0944. The topological polar surface area (TPSA) is 84.4 Å². The van der Waals surface area contributed by atoms with Crippen molar-refractivity contribution in [1.29, 1.82) is 0 Å². The van der Waals surface area contributed by atoms with E-state index in [-0.39, 0.29) is 5.69 Å². The molecule has 106 valence electrons. The van der Waals surface area contributed by atoms with E-state index in [1.54, 1.807) is 6.07 Å².